The summed E-state index contributed by atoms with van der Waals surface area (Å²) >= 11 is 0. The van der Waals surface area contributed by atoms with Gasteiger partial charge in [0.05, 0.1) is 0 Å². The van der Waals surface area contributed by atoms with Crippen molar-refractivity contribution in [3.63, 3.8) is 0 Å². The Kier molecular flexibility index (Phi) is 4.79. The minimum absolute atomic E-state index is 0.324. The van der Waals surface area contributed by atoms with E-state index in [0.717, 1.165) is 32.7 Å². The Balaban J connectivity index is 1.93. The predicted molar refractivity (Wildman–Crippen MR) is 68.1 cm³/mol. The average Bonchev–Trinajstić information content (AvgIpc) is 2.39. The van der Waals surface area contributed by atoms with Crippen LogP contribution >= 0.6 is 0 Å². The first-order valence-electron chi connectivity index (χ1n) is 6.81. The molecule has 0 unspecified atom stereocenters. The van der Waals surface area contributed by atoms with Crippen LogP contribution in [0.3, 0.4) is 0 Å². The zero-order valence-electron chi connectivity index (χ0n) is 11.1. The van der Waals surface area contributed by atoms with E-state index in [1.807, 2.05) is 0 Å². The Hall–Kier alpha value is -0.160. The number of aliphatic hydroxyl groups excluding tert-OH is 1. The van der Waals surface area contributed by atoms with E-state index in [0.29, 0.717) is 24.6 Å². The third-order valence-electron chi connectivity index (χ3n) is 4.36. The first kappa shape index (κ1) is 13.3. The number of piperidine rings is 1. The molecule has 4 heteroatoms. The fraction of sp³-hybridized carbons (Fsp3) is 1.00. The summed E-state index contributed by atoms with van der Waals surface area (Å²) < 4.78 is 5.43. The lowest BCUT2D eigenvalue weighted by Crippen LogP contribution is -2.55. The molecule has 0 aliphatic carbocycles. The maximum absolute atomic E-state index is 9.44. The summed E-state index contributed by atoms with van der Waals surface area (Å²) in [6.45, 7) is 4.39. The van der Waals surface area contributed by atoms with Crippen molar-refractivity contribution >= 4 is 0 Å². The highest BCUT2D eigenvalue weighted by Crippen LogP contribution is 2.25. The third kappa shape index (κ3) is 3.19. The molecule has 0 amide bonds. The SMILES string of the molecule is CN(C)[C@@H]1CN(C2CCOCC2)CC[C@@H]1CO. The Morgan fingerprint density at radius 1 is 1.24 bits per heavy atom. The molecule has 4 nitrogen and oxygen atoms in total. The number of hydrogen-bond donors (Lipinski definition) is 1. The third-order valence-corrected chi connectivity index (χ3v) is 4.36. The monoisotopic (exact) mass is 242 g/mol. The van der Waals surface area contributed by atoms with Gasteiger partial charge in [0.1, 0.15) is 0 Å². The molecule has 1 N–H and O–H groups in total. The van der Waals surface area contributed by atoms with Crippen LogP contribution in [0.25, 0.3) is 0 Å². The molecule has 0 aromatic rings. The van der Waals surface area contributed by atoms with Crippen LogP contribution in [0, 0.1) is 5.92 Å². The van der Waals surface area contributed by atoms with E-state index in [2.05, 4.69) is 23.9 Å². The largest absolute Gasteiger partial charge is 0.396 e. The maximum Gasteiger partial charge on any atom is 0.0480 e. The number of hydrogen-bond acceptors (Lipinski definition) is 4. The lowest BCUT2D eigenvalue weighted by molar-refractivity contribution is -0.0111. The fourth-order valence-corrected chi connectivity index (χ4v) is 3.18. The van der Waals surface area contributed by atoms with Crippen LogP contribution in [-0.2, 0) is 4.74 Å². The molecule has 2 aliphatic rings. The van der Waals surface area contributed by atoms with Gasteiger partial charge < -0.3 is 14.7 Å². The van der Waals surface area contributed by atoms with Crippen LogP contribution in [0.5, 0.6) is 0 Å². The minimum atomic E-state index is 0.324. The molecule has 2 fully saturated rings. The number of ether oxygens (including phenoxy) is 1. The molecule has 0 radical (unpaired) electrons. The summed E-state index contributed by atoms with van der Waals surface area (Å²) in [5.74, 6) is 0.445. The topological polar surface area (TPSA) is 35.9 Å². The normalized spacial score (nSPS) is 33.2. The van der Waals surface area contributed by atoms with E-state index in [-0.39, 0.29) is 0 Å². The van der Waals surface area contributed by atoms with E-state index in [4.69, 9.17) is 4.74 Å². The second-order valence-electron chi connectivity index (χ2n) is 5.60. The number of rotatable bonds is 3. The van der Waals surface area contributed by atoms with E-state index in [9.17, 15) is 5.11 Å². The van der Waals surface area contributed by atoms with E-state index >= 15 is 0 Å². The quantitative estimate of drug-likeness (QED) is 0.777. The lowest BCUT2D eigenvalue weighted by Gasteiger charge is -2.45. The van der Waals surface area contributed by atoms with Gasteiger partial charge in [-0.25, -0.2) is 0 Å². The lowest BCUT2D eigenvalue weighted by atomic mass is 9.89. The highest BCUT2D eigenvalue weighted by Gasteiger charge is 2.33. The van der Waals surface area contributed by atoms with Crippen LogP contribution in [0.4, 0.5) is 0 Å². The molecule has 2 atom stereocenters. The molecule has 2 saturated heterocycles. The van der Waals surface area contributed by atoms with Crippen molar-refractivity contribution in [2.75, 3.05) is 47.0 Å². The predicted octanol–water partition coefficient (Wildman–Crippen LogP) is 0.410. The summed E-state index contributed by atoms with van der Waals surface area (Å²) in [4.78, 5) is 4.88. The van der Waals surface area contributed by atoms with Gasteiger partial charge in [-0.15, -0.1) is 0 Å². The molecule has 0 spiro atoms. The van der Waals surface area contributed by atoms with Gasteiger partial charge in [-0.1, -0.05) is 0 Å². The Morgan fingerprint density at radius 3 is 2.53 bits per heavy atom. The molecule has 2 aliphatic heterocycles. The molecule has 2 rings (SSSR count). The summed E-state index contributed by atoms with van der Waals surface area (Å²) in [6, 6.07) is 1.20. The van der Waals surface area contributed by atoms with Crippen molar-refractivity contribution in [1.29, 1.82) is 0 Å². The van der Waals surface area contributed by atoms with E-state index in [1.54, 1.807) is 0 Å². The molecule has 0 aromatic carbocycles. The smallest absolute Gasteiger partial charge is 0.0480 e. The van der Waals surface area contributed by atoms with Gasteiger partial charge in [0, 0.05) is 38.4 Å². The Bertz CT molecular complexity index is 229. The summed E-state index contributed by atoms with van der Waals surface area (Å²) in [6.07, 6.45) is 3.46. The second kappa shape index (κ2) is 6.14. The number of aliphatic hydroxyl groups is 1. The van der Waals surface area contributed by atoms with Crippen molar-refractivity contribution in [2.24, 2.45) is 5.92 Å². The molecule has 0 bridgehead atoms. The Morgan fingerprint density at radius 2 is 1.94 bits per heavy atom. The molecule has 100 valence electrons. The zero-order valence-corrected chi connectivity index (χ0v) is 11.1. The van der Waals surface area contributed by atoms with Gasteiger partial charge in [0.2, 0.25) is 0 Å². The molecular formula is C13H26N2O2. The fourth-order valence-electron chi connectivity index (χ4n) is 3.18. The van der Waals surface area contributed by atoms with Crippen molar-refractivity contribution < 1.29 is 9.84 Å². The van der Waals surface area contributed by atoms with Gasteiger partial charge >= 0.3 is 0 Å². The summed E-state index contributed by atoms with van der Waals surface area (Å²) in [5, 5.41) is 9.44. The maximum atomic E-state index is 9.44. The first-order valence-corrected chi connectivity index (χ1v) is 6.81. The standard InChI is InChI=1S/C13H26N2O2/c1-14(2)13-9-15(6-3-11(13)10-16)12-4-7-17-8-5-12/h11-13,16H,3-10H2,1-2H3/t11-,13-/m1/s1. The van der Waals surface area contributed by atoms with Crippen LogP contribution in [0.15, 0.2) is 0 Å². The van der Waals surface area contributed by atoms with Gasteiger partial charge in [-0.3, -0.25) is 4.90 Å². The minimum Gasteiger partial charge on any atom is -0.396 e. The van der Waals surface area contributed by atoms with Crippen LogP contribution in [0.2, 0.25) is 0 Å². The highest BCUT2D eigenvalue weighted by atomic mass is 16.5. The molecule has 0 aromatic heterocycles. The van der Waals surface area contributed by atoms with Gasteiger partial charge in [0.25, 0.3) is 0 Å². The van der Waals surface area contributed by atoms with Crippen molar-refractivity contribution in [3.8, 4) is 0 Å². The van der Waals surface area contributed by atoms with E-state index in [1.165, 1.54) is 12.8 Å². The van der Waals surface area contributed by atoms with Gasteiger partial charge in [-0.05, 0) is 45.8 Å². The molecule has 0 saturated carbocycles. The molecule has 2 heterocycles. The highest BCUT2D eigenvalue weighted by molar-refractivity contribution is 4.88. The Labute approximate surface area is 105 Å². The van der Waals surface area contributed by atoms with Crippen LogP contribution in [-0.4, -0.2) is 74.0 Å². The van der Waals surface area contributed by atoms with Gasteiger partial charge in [-0.2, -0.15) is 0 Å². The number of nitrogens with zero attached hydrogens (tertiary/aromatic N) is 2. The van der Waals surface area contributed by atoms with Gasteiger partial charge in [0.15, 0.2) is 0 Å². The van der Waals surface area contributed by atoms with Crippen molar-refractivity contribution in [2.45, 2.75) is 31.3 Å². The van der Waals surface area contributed by atoms with E-state index < -0.39 is 0 Å². The number of likely N-dealkylation sites (N-methyl/N-ethyl adjacent to an activating group) is 1. The second-order valence-corrected chi connectivity index (χ2v) is 5.60. The van der Waals surface area contributed by atoms with Crippen LogP contribution < -0.4 is 0 Å². The zero-order chi connectivity index (χ0) is 12.3. The molecule has 17 heavy (non-hydrogen) atoms. The summed E-state index contributed by atoms with van der Waals surface area (Å²) in [5.41, 5.74) is 0. The summed E-state index contributed by atoms with van der Waals surface area (Å²) in [7, 11) is 4.25. The van der Waals surface area contributed by atoms with Crippen molar-refractivity contribution in [3.05, 3.63) is 0 Å². The van der Waals surface area contributed by atoms with Crippen molar-refractivity contribution in [1.82, 2.24) is 9.80 Å². The molecular weight excluding hydrogens is 216 g/mol. The van der Waals surface area contributed by atoms with Crippen LogP contribution in [0.1, 0.15) is 19.3 Å². The first-order chi connectivity index (χ1) is 8.22. The number of likely N-dealkylation sites (tertiary alicyclic amines) is 1. The average molecular weight is 242 g/mol.